The first-order valence-electron chi connectivity index (χ1n) is 7.30. The molecule has 2 rings (SSSR count). The average molecular weight is 329 g/mol. The van der Waals surface area contributed by atoms with Crippen molar-refractivity contribution in [2.24, 2.45) is 0 Å². The second-order valence-electron chi connectivity index (χ2n) is 4.99. The molecule has 0 aliphatic carbocycles. The van der Waals surface area contributed by atoms with Crippen LogP contribution in [0.4, 0.5) is 16.2 Å². The Morgan fingerprint density at radius 1 is 1.04 bits per heavy atom. The van der Waals surface area contributed by atoms with E-state index >= 15 is 0 Å². The summed E-state index contributed by atoms with van der Waals surface area (Å²) < 4.78 is 10.0. The van der Waals surface area contributed by atoms with Crippen LogP contribution in [0.1, 0.15) is 5.56 Å². The summed E-state index contributed by atoms with van der Waals surface area (Å²) in [6.45, 7) is 0.306. The molecule has 0 saturated heterocycles. The maximum absolute atomic E-state index is 11.6. The van der Waals surface area contributed by atoms with E-state index in [1.54, 1.807) is 55.6 Å². The lowest BCUT2D eigenvalue weighted by molar-refractivity contribution is -0.115. The average Bonchev–Trinajstić information content (AvgIpc) is 2.56. The summed E-state index contributed by atoms with van der Waals surface area (Å²) in [5.74, 6) is 0.227. The van der Waals surface area contributed by atoms with E-state index in [1.807, 2.05) is 0 Å². The molecule has 7 nitrogen and oxygen atoms in total. The minimum Gasteiger partial charge on any atom is -0.429 e. The summed E-state index contributed by atoms with van der Waals surface area (Å²) >= 11 is 0. The predicted molar refractivity (Wildman–Crippen MR) is 90.7 cm³/mol. The zero-order valence-electron chi connectivity index (χ0n) is 13.2. The molecule has 0 saturated carbocycles. The molecule has 0 fully saturated rings. The SMILES string of the molecule is CNCC(=O)Nc1ccc(COC(=O)Oc2ccc(N)cc2)cc1. The number of hydrogen-bond donors (Lipinski definition) is 3. The molecule has 0 bridgehead atoms. The van der Waals surface area contributed by atoms with Crippen LogP contribution in [-0.4, -0.2) is 25.7 Å². The van der Waals surface area contributed by atoms with Crippen molar-refractivity contribution in [3.63, 3.8) is 0 Å². The summed E-state index contributed by atoms with van der Waals surface area (Å²) in [7, 11) is 1.70. The van der Waals surface area contributed by atoms with Crippen LogP contribution in [0.3, 0.4) is 0 Å². The van der Waals surface area contributed by atoms with Gasteiger partial charge in [0.05, 0.1) is 6.54 Å². The second-order valence-corrected chi connectivity index (χ2v) is 4.99. The van der Waals surface area contributed by atoms with E-state index in [0.717, 1.165) is 5.56 Å². The summed E-state index contributed by atoms with van der Waals surface area (Å²) in [6.07, 6.45) is -0.800. The molecule has 0 aliphatic heterocycles. The number of amides is 1. The Balaban J connectivity index is 1.80. The molecule has 0 spiro atoms. The smallest absolute Gasteiger partial charge is 0.429 e. The number of ether oxygens (including phenoxy) is 2. The van der Waals surface area contributed by atoms with Gasteiger partial charge < -0.3 is 25.8 Å². The van der Waals surface area contributed by atoms with Crippen LogP contribution in [0.25, 0.3) is 0 Å². The van der Waals surface area contributed by atoms with E-state index in [-0.39, 0.29) is 19.1 Å². The van der Waals surface area contributed by atoms with Crippen molar-refractivity contribution >= 4 is 23.4 Å². The number of hydrogen-bond acceptors (Lipinski definition) is 6. The van der Waals surface area contributed by atoms with Crippen molar-refractivity contribution in [1.29, 1.82) is 0 Å². The summed E-state index contributed by atoms with van der Waals surface area (Å²) in [6, 6.07) is 13.4. The maximum atomic E-state index is 11.6. The zero-order valence-corrected chi connectivity index (χ0v) is 13.2. The minimum atomic E-state index is -0.800. The molecule has 7 heteroatoms. The van der Waals surface area contributed by atoms with Gasteiger partial charge in [-0.2, -0.15) is 0 Å². The van der Waals surface area contributed by atoms with E-state index in [9.17, 15) is 9.59 Å². The topological polar surface area (TPSA) is 103 Å². The zero-order chi connectivity index (χ0) is 17.4. The lowest BCUT2D eigenvalue weighted by Crippen LogP contribution is -2.24. The molecular formula is C17H19N3O4. The second kappa shape index (κ2) is 8.54. The van der Waals surface area contributed by atoms with E-state index in [0.29, 0.717) is 17.1 Å². The van der Waals surface area contributed by atoms with Gasteiger partial charge in [0.15, 0.2) is 0 Å². The van der Waals surface area contributed by atoms with Crippen molar-refractivity contribution in [3.8, 4) is 5.75 Å². The Hall–Kier alpha value is -3.06. The van der Waals surface area contributed by atoms with Gasteiger partial charge in [-0.05, 0) is 49.0 Å². The molecule has 126 valence electrons. The van der Waals surface area contributed by atoms with E-state index < -0.39 is 6.16 Å². The molecule has 24 heavy (non-hydrogen) atoms. The molecule has 1 amide bonds. The summed E-state index contributed by atoms with van der Waals surface area (Å²) in [5, 5.41) is 5.49. The van der Waals surface area contributed by atoms with E-state index in [1.165, 1.54) is 0 Å². The third-order valence-electron chi connectivity index (χ3n) is 3.01. The van der Waals surface area contributed by atoms with Crippen LogP contribution in [0.2, 0.25) is 0 Å². The molecular weight excluding hydrogens is 310 g/mol. The van der Waals surface area contributed by atoms with Crippen LogP contribution < -0.4 is 21.1 Å². The number of carbonyl (C=O) groups is 2. The third-order valence-corrected chi connectivity index (χ3v) is 3.01. The maximum Gasteiger partial charge on any atom is 0.514 e. The van der Waals surface area contributed by atoms with Crippen molar-refractivity contribution in [1.82, 2.24) is 5.32 Å². The Bertz CT molecular complexity index is 684. The molecule has 0 atom stereocenters. The van der Waals surface area contributed by atoms with Gasteiger partial charge in [-0.15, -0.1) is 0 Å². The number of nitrogen functional groups attached to an aromatic ring is 1. The lowest BCUT2D eigenvalue weighted by Gasteiger charge is -2.08. The van der Waals surface area contributed by atoms with Gasteiger partial charge >= 0.3 is 6.16 Å². The number of rotatable bonds is 6. The molecule has 0 aliphatic rings. The highest BCUT2D eigenvalue weighted by Gasteiger charge is 2.07. The first kappa shape index (κ1) is 17.3. The summed E-state index contributed by atoms with van der Waals surface area (Å²) in [5.41, 5.74) is 7.57. The largest absolute Gasteiger partial charge is 0.514 e. The predicted octanol–water partition coefficient (Wildman–Crippen LogP) is 2.14. The highest BCUT2D eigenvalue weighted by molar-refractivity contribution is 5.92. The van der Waals surface area contributed by atoms with Crippen molar-refractivity contribution in [2.75, 3.05) is 24.6 Å². The number of likely N-dealkylation sites (N-methyl/N-ethyl adjacent to an activating group) is 1. The highest BCUT2D eigenvalue weighted by atomic mass is 16.7. The molecule has 4 N–H and O–H groups in total. The molecule has 2 aromatic rings. The van der Waals surface area contributed by atoms with Crippen molar-refractivity contribution in [2.45, 2.75) is 6.61 Å². The molecule has 2 aromatic carbocycles. The Kier molecular flexibility index (Phi) is 6.16. The fourth-order valence-electron chi connectivity index (χ4n) is 1.85. The summed E-state index contributed by atoms with van der Waals surface area (Å²) in [4.78, 5) is 23.1. The fourth-order valence-corrected chi connectivity index (χ4v) is 1.85. The Morgan fingerprint density at radius 3 is 2.33 bits per heavy atom. The van der Waals surface area contributed by atoms with Gasteiger partial charge in [0.2, 0.25) is 5.91 Å². The Morgan fingerprint density at radius 2 is 1.71 bits per heavy atom. The molecule has 0 radical (unpaired) electrons. The van der Waals surface area contributed by atoms with Gasteiger partial charge in [-0.1, -0.05) is 12.1 Å². The first-order chi connectivity index (χ1) is 11.6. The van der Waals surface area contributed by atoms with Gasteiger partial charge in [-0.25, -0.2) is 4.79 Å². The van der Waals surface area contributed by atoms with E-state index in [4.69, 9.17) is 15.2 Å². The number of nitrogens with one attached hydrogen (secondary N) is 2. The van der Waals surface area contributed by atoms with Crippen LogP contribution in [0, 0.1) is 0 Å². The number of carbonyl (C=O) groups excluding carboxylic acids is 2. The van der Waals surface area contributed by atoms with E-state index in [2.05, 4.69) is 10.6 Å². The van der Waals surface area contributed by atoms with Gasteiger partial charge in [-0.3, -0.25) is 4.79 Å². The number of nitrogens with two attached hydrogens (primary N) is 1. The minimum absolute atomic E-state index is 0.0680. The first-order valence-corrected chi connectivity index (χ1v) is 7.30. The van der Waals surface area contributed by atoms with Crippen LogP contribution in [0.5, 0.6) is 5.75 Å². The highest BCUT2D eigenvalue weighted by Crippen LogP contribution is 2.15. The van der Waals surface area contributed by atoms with Gasteiger partial charge in [0.25, 0.3) is 0 Å². The van der Waals surface area contributed by atoms with Gasteiger partial charge in [0.1, 0.15) is 12.4 Å². The van der Waals surface area contributed by atoms with Crippen LogP contribution >= 0.6 is 0 Å². The normalized spacial score (nSPS) is 10.0. The quantitative estimate of drug-likeness (QED) is 0.426. The standard InChI is InChI=1S/C17H19N3O4/c1-19-10-16(21)20-14-6-2-12(3-7-14)11-23-17(22)24-15-8-4-13(18)5-9-15/h2-9,19H,10-11,18H2,1H3,(H,20,21). The monoisotopic (exact) mass is 329 g/mol. The number of anilines is 2. The lowest BCUT2D eigenvalue weighted by atomic mass is 10.2. The molecule has 0 aromatic heterocycles. The molecule has 0 heterocycles. The van der Waals surface area contributed by atoms with Gasteiger partial charge in [0, 0.05) is 11.4 Å². The van der Waals surface area contributed by atoms with Crippen LogP contribution in [0.15, 0.2) is 48.5 Å². The van der Waals surface area contributed by atoms with Crippen molar-refractivity contribution < 1.29 is 19.1 Å². The number of benzene rings is 2. The van der Waals surface area contributed by atoms with Crippen LogP contribution in [-0.2, 0) is 16.1 Å². The van der Waals surface area contributed by atoms with Crippen molar-refractivity contribution in [3.05, 3.63) is 54.1 Å². The fraction of sp³-hybridized carbons (Fsp3) is 0.176. The third kappa shape index (κ3) is 5.62. The Labute approximate surface area is 139 Å². The molecule has 0 unspecified atom stereocenters.